The molecule has 2 aliphatic rings. The van der Waals surface area contributed by atoms with Gasteiger partial charge < -0.3 is 19.0 Å². The van der Waals surface area contributed by atoms with Gasteiger partial charge in [-0.3, -0.25) is 4.99 Å². The number of esters is 2. The number of ether oxygens (including phenoxy) is 3. The largest absolute Gasteiger partial charge is 0.465 e. The predicted molar refractivity (Wildman–Crippen MR) is 90.8 cm³/mol. The number of hydroxylamine groups is 2. The maximum atomic E-state index is 12.6. The lowest BCUT2D eigenvalue weighted by Crippen LogP contribution is -2.55. The third-order valence-electron chi connectivity index (χ3n) is 4.34. The Balaban J connectivity index is 2.30. The van der Waals surface area contributed by atoms with E-state index in [0.29, 0.717) is 5.71 Å². The van der Waals surface area contributed by atoms with Gasteiger partial charge in [0.15, 0.2) is 0 Å². The van der Waals surface area contributed by atoms with Crippen LogP contribution in [-0.2, 0) is 28.6 Å². The second-order valence-corrected chi connectivity index (χ2v) is 6.24. The van der Waals surface area contributed by atoms with Gasteiger partial charge in [0.1, 0.15) is 11.2 Å². The fraction of sp³-hybridized carbons (Fsp3) is 0.389. The van der Waals surface area contributed by atoms with Crippen LogP contribution in [0.25, 0.3) is 0 Å². The van der Waals surface area contributed by atoms with Crippen molar-refractivity contribution in [3.05, 3.63) is 47.2 Å². The van der Waals surface area contributed by atoms with E-state index in [1.807, 2.05) is 30.3 Å². The number of fused-ring (bicyclic) bond motifs is 1. The van der Waals surface area contributed by atoms with Gasteiger partial charge in [-0.05, 0) is 13.8 Å². The third-order valence-corrected chi connectivity index (χ3v) is 4.34. The molecule has 1 unspecified atom stereocenters. The number of rotatable bonds is 4. The van der Waals surface area contributed by atoms with Crippen LogP contribution in [0.2, 0.25) is 0 Å². The maximum Gasteiger partial charge on any atom is 0.376 e. The number of nitrogens with zero attached hydrogens (tertiary/aromatic N) is 2. The summed E-state index contributed by atoms with van der Waals surface area (Å²) in [4.78, 5) is 35.3. The summed E-state index contributed by atoms with van der Waals surface area (Å²) in [5.74, 6) is -1.85. The molecule has 8 nitrogen and oxygen atoms in total. The lowest BCUT2D eigenvalue weighted by Gasteiger charge is -2.35. The van der Waals surface area contributed by atoms with Gasteiger partial charge in [0.2, 0.25) is 11.5 Å². The fourth-order valence-electron chi connectivity index (χ4n) is 3.27. The second kappa shape index (κ2) is 6.22. The number of carbonyl (C=O) groups is 2. The van der Waals surface area contributed by atoms with Crippen molar-refractivity contribution in [3.8, 4) is 0 Å². The Kier molecular flexibility index (Phi) is 4.33. The molecular weight excluding hydrogens is 340 g/mol. The summed E-state index contributed by atoms with van der Waals surface area (Å²) in [5.41, 5.74) is -1.41. The average Bonchev–Trinajstić information content (AvgIpc) is 3.12. The summed E-state index contributed by atoms with van der Waals surface area (Å²) in [6, 6.07) is 9.22. The zero-order chi connectivity index (χ0) is 19.1. The number of methoxy groups -OCH3 is 3. The zero-order valence-electron chi connectivity index (χ0n) is 15.2. The standard InChI is InChI=1S/C18H20N2O6/c1-17(2)19-14(11-9-7-6-8-10-11)18(25-5)12(15(21)23-3)13(16(22)24-4)26-20(17)18/h6-10H,1-5H3. The Morgan fingerprint density at radius 1 is 1.04 bits per heavy atom. The molecule has 1 aromatic rings. The van der Waals surface area contributed by atoms with Gasteiger partial charge >= 0.3 is 11.9 Å². The van der Waals surface area contributed by atoms with Crippen molar-refractivity contribution in [1.29, 1.82) is 0 Å². The Morgan fingerprint density at radius 2 is 1.65 bits per heavy atom. The predicted octanol–water partition coefficient (Wildman–Crippen LogP) is 1.42. The van der Waals surface area contributed by atoms with Crippen LogP contribution in [0.15, 0.2) is 46.7 Å². The first kappa shape index (κ1) is 18.1. The molecule has 26 heavy (non-hydrogen) atoms. The summed E-state index contributed by atoms with van der Waals surface area (Å²) < 4.78 is 15.5. The van der Waals surface area contributed by atoms with Gasteiger partial charge in [0.25, 0.3) is 0 Å². The Labute approximate surface area is 150 Å². The van der Waals surface area contributed by atoms with Crippen LogP contribution in [0.5, 0.6) is 0 Å². The molecule has 0 radical (unpaired) electrons. The quantitative estimate of drug-likeness (QED) is 0.751. The molecule has 2 aliphatic heterocycles. The van der Waals surface area contributed by atoms with Crippen molar-refractivity contribution in [2.45, 2.75) is 25.2 Å². The Bertz CT molecular complexity index is 814. The van der Waals surface area contributed by atoms with Gasteiger partial charge in [-0.1, -0.05) is 35.4 Å². The van der Waals surface area contributed by atoms with Crippen LogP contribution in [0.1, 0.15) is 19.4 Å². The van der Waals surface area contributed by atoms with Crippen molar-refractivity contribution in [2.75, 3.05) is 21.3 Å². The monoisotopic (exact) mass is 360 g/mol. The van der Waals surface area contributed by atoms with Crippen LogP contribution < -0.4 is 0 Å². The van der Waals surface area contributed by atoms with Gasteiger partial charge in [0, 0.05) is 12.7 Å². The van der Waals surface area contributed by atoms with E-state index in [1.165, 1.54) is 26.4 Å². The Morgan fingerprint density at radius 3 is 2.19 bits per heavy atom. The Hall–Kier alpha value is -2.71. The van der Waals surface area contributed by atoms with Crippen molar-refractivity contribution < 1.29 is 28.6 Å². The van der Waals surface area contributed by atoms with E-state index in [9.17, 15) is 9.59 Å². The van der Waals surface area contributed by atoms with E-state index in [0.717, 1.165) is 5.56 Å². The highest BCUT2D eigenvalue weighted by molar-refractivity contribution is 6.17. The molecule has 0 fully saturated rings. The molecule has 0 saturated heterocycles. The van der Waals surface area contributed by atoms with Gasteiger partial charge in [-0.2, -0.15) is 0 Å². The number of carbonyl (C=O) groups excluding carboxylic acids is 2. The van der Waals surface area contributed by atoms with Gasteiger partial charge in [-0.25, -0.2) is 9.59 Å². The molecule has 3 rings (SSSR count). The highest BCUT2D eigenvalue weighted by Gasteiger charge is 2.67. The number of benzene rings is 1. The fourth-order valence-corrected chi connectivity index (χ4v) is 3.27. The summed E-state index contributed by atoms with van der Waals surface area (Å²) in [5, 5.41) is 1.38. The number of hydrogen-bond acceptors (Lipinski definition) is 8. The third kappa shape index (κ3) is 2.33. The molecule has 0 N–H and O–H groups in total. The first-order valence-corrected chi connectivity index (χ1v) is 7.94. The average molecular weight is 360 g/mol. The molecule has 0 aromatic heterocycles. The second-order valence-electron chi connectivity index (χ2n) is 6.24. The van der Waals surface area contributed by atoms with Crippen LogP contribution in [0.4, 0.5) is 0 Å². The smallest absolute Gasteiger partial charge is 0.376 e. The molecule has 138 valence electrons. The number of hydrogen-bond donors (Lipinski definition) is 0. The van der Waals surface area contributed by atoms with Crippen LogP contribution >= 0.6 is 0 Å². The molecule has 0 bridgehead atoms. The van der Waals surface area contributed by atoms with E-state index < -0.39 is 23.3 Å². The van der Waals surface area contributed by atoms with Crippen LogP contribution in [0, 0.1) is 0 Å². The summed E-state index contributed by atoms with van der Waals surface area (Å²) in [6.45, 7) is 3.57. The van der Waals surface area contributed by atoms with E-state index >= 15 is 0 Å². The molecule has 1 aromatic carbocycles. The van der Waals surface area contributed by atoms with Crippen LogP contribution in [0.3, 0.4) is 0 Å². The molecule has 1 atom stereocenters. The molecule has 0 amide bonds. The molecule has 8 heteroatoms. The van der Waals surface area contributed by atoms with Crippen LogP contribution in [-0.4, -0.2) is 55.4 Å². The van der Waals surface area contributed by atoms with E-state index in [4.69, 9.17) is 24.0 Å². The molecule has 0 spiro atoms. The first-order chi connectivity index (χ1) is 12.3. The lowest BCUT2D eigenvalue weighted by molar-refractivity contribution is -0.246. The zero-order valence-corrected chi connectivity index (χ0v) is 15.2. The van der Waals surface area contributed by atoms with Gasteiger partial charge in [0.05, 0.1) is 19.9 Å². The SMILES string of the molecule is COC(=O)C1=C(C(=O)OC)C2(OC)C(c3ccccc3)=NC(C)(C)N2O1. The minimum absolute atomic E-state index is 0.109. The van der Waals surface area contributed by atoms with Crippen molar-refractivity contribution >= 4 is 17.7 Å². The van der Waals surface area contributed by atoms with Gasteiger partial charge in [-0.15, -0.1) is 0 Å². The molecule has 0 aliphatic carbocycles. The highest BCUT2D eigenvalue weighted by Crippen LogP contribution is 2.49. The number of aliphatic imine (C=N–C) groups is 1. The van der Waals surface area contributed by atoms with Crippen molar-refractivity contribution in [3.63, 3.8) is 0 Å². The first-order valence-electron chi connectivity index (χ1n) is 7.94. The summed E-state index contributed by atoms with van der Waals surface area (Å²) in [6.07, 6.45) is 0. The normalized spacial score (nSPS) is 24.0. The minimum atomic E-state index is -1.54. The molecular formula is C18H20N2O6. The molecule has 0 saturated carbocycles. The lowest BCUT2D eigenvalue weighted by atomic mass is 9.92. The minimum Gasteiger partial charge on any atom is -0.465 e. The summed E-state index contributed by atoms with van der Waals surface area (Å²) in [7, 11) is 3.84. The van der Waals surface area contributed by atoms with Crippen molar-refractivity contribution in [1.82, 2.24) is 5.06 Å². The highest BCUT2D eigenvalue weighted by atomic mass is 16.7. The summed E-state index contributed by atoms with van der Waals surface area (Å²) >= 11 is 0. The molecule has 2 heterocycles. The van der Waals surface area contributed by atoms with E-state index in [2.05, 4.69) is 0 Å². The van der Waals surface area contributed by atoms with E-state index in [-0.39, 0.29) is 11.3 Å². The topological polar surface area (TPSA) is 86.7 Å². The maximum absolute atomic E-state index is 12.6. The van der Waals surface area contributed by atoms with Crippen molar-refractivity contribution in [2.24, 2.45) is 4.99 Å². The van der Waals surface area contributed by atoms with E-state index in [1.54, 1.807) is 13.8 Å².